The van der Waals surface area contributed by atoms with Crippen molar-refractivity contribution < 1.29 is 4.79 Å². The van der Waals surface area contributed by atoms with E-state index in [0.717, 1.165) is 26.1 Å². The minimum atomic E-state index is -0.0189. The molecule has 1 saturated carbocycles. The molecule has 2 N–H and O–H groups in total. The van der Waals surface area contributed by atoms with Crippen molar-refractivity contribution >= 4 is 18.3 Å². The third-order valence-electron chi connectivity index (χ3n) is 5.26. The first-order valence-corrected chi connectivity index (χ1v) is 9.37. The smallest absolute Gasteiger partial charge is 0.271 e. The number of amides is 1. The highest BCUT2D eigenvalue weighted by atomic mass is 35.5. The molecule has 5 nitrogen and oxygen atoms in total. The summed E-state index contributed by atoms with van der Waals surface area (Å²) in [5.41, 5.74) is 0.557. The first-order valence-electron chi connectivity index (χ1n) is 9.37. The number of hydrogen-bond donors (Lipinski definition) is 2. The van der Waals surface area contributed by atoms with Gasteiger partial charge in [-0.3, -0.25) is 9.48 Å². The van der Waals surface area contributed by atoms with E-state index in [1.54, 1.807) is 0 Å². The van der Waals surface area contributed by atoms with Crippen LogP contribution in [0.3, 0.4) is 0 Å². The van der Waals surface area contributed by atoms with Crippen molar-refractivity contribution in [3.63, 3.8) is 0 Å². The van der Waals surface area contributed by atoms with Crippen LogP contribution in [0.25, 0.3) is 0 Å². The van der Waals surface area contributed by atoms with Gasteiger partial charge < -0.3 is 10.6 Å². The number of rotatable bonds is 4. The average Bonchev–Trinajstić information content (AvgIpc) is 3.04. The summed E-state index contributed by atoms with van der Waals surface area (Å²) < 4.78 is 1.96. The molecule has 1 amide bonds. The number of halogens is 1. The molecule has 0 spiro atoms. The molecule has 1 aromatic heterocycles. The number of nitrogens with one attached hydrogen (secondary N) is 2. The molecule has 1 aliphatic heterocycles. The van der Waals surface area contributed by atoms with Crippen LogP contribution in [0.1, 0.15) is 74.3 Å². The number of carbonyl (C=O) groups excluding carboxylic acids is 1. The highest BCUT2D eigenvalue weighted by Gasteiger charge is 2.18. The molecule has 0 aromatic carbocycles. The van der Waals surface area contributed by atoms with Crippen molar-refractivity contribution in [3.05, 3.63) is 18.0 Å². The third kappa shape index (κ3) is 5.49. The van der Waals surface area contributed by atoms with E-state index < -0.39 is 0 Å². The fourth-order valence-electron chi connectivity index (χ4n) is 3.79. The van der Waals surface area contributed by atoms with Gasteiger partial charge in [-0.15, -0.1) is 12.4 Å². The van der Waals surface area contributed by atoms with Crippen LogP contribution in [0.4, 0.5) is 0 Å². The second kappa shape index (κ2) is 10.0. The SMILES string of the molecule is Cl.O=C(NCC1CCCCCCC1)c1ccn(C2CCCNC2)n1. The standard InChI is InChI=1S/C18H30N4O.ClH/c23-18(20-13-15-7-4-2-1-3-5-8-15)17-10-12-22(21-17)16-9-6-11-19-14-16;/h10,12,15-16,19H,1-9,11,13-14H2,(H,20,23);1H. The van der Waals surface area contributed by atoms with Gasteiger partial charge in [0.25, 0.3) is 5.91 Å². The largest absolute Gasteiger partial charge is 0.350 e. The number of carbonyl (C=O) groups is 1. The lowest BCUT2D eigenvalue weighted by Gasteiger charge is -2.23. The van der Waals surface area contributed by atoms with Gasteiger partial charge in [-0.2, -0.15) is 5.10 Å². The second-order valence-corrected chi connectivity index (χ2v) is 7.10. The Hall–Kier alpha value is -1.07. The van der Waals surface area contributed by atoms with E-state index in [4.69, 9.17) is 0 Å². The van der Waals surface area contributed by atoms with Gasteiger partial charge in [0.2, 0.25) is 0 Å². The fraction of sp³-hybridized carbons (Fsp3) is 0.778. The second-order valence-electron chi connectivity index (χ2n) is 7.10. The quantitative estimate of drug-likeness (QED) is 0.872. The first kappa shape index (κ1) is 19.3. The van der Waals surface area contributed by atoms with E-state index in [1.165, 1.54) is 51.4 Å². The summed E-state index contributed by atoms with van der Waals surface area (Å²) in [4.78, 5) is 12.3. The van der Waals surface area contributed by atoms with Gasteiger partial charge in [-0.1, -0.05) is 32.1 Å². The van der Waals surface area contributed by atoms with Gasteiger partial charge >= 0.3 is 0 Å². The predicted molar refractivity (Wildman–Crippen MR) is 98.8 cm³/mol. The monoisotopic (exact) mass is 354 g/mol. The van der Waals surface area contributed by atoms with Crippen LogP contribution in [-0.2, 0) is 0 Å². The van der Waals surface area contributed by atoms with E-state index in [0.29, 0.717) is 17.7 Å². The van der Waals surface area contributed by atoms with Crippen LogP contribution < -0.4 is 10.6 Å². The molecule has 0 bridgehead atoms. The Bertz CT molecular complexity index is 491. The summed E-state index contributed by atoms with van der Waals surface area (Å²) in [5.74, 6) is 0.624. The van der Waals surface area contributed by atoms with Crippen molar-refractivity contribution in [2.75, 3.05) is 19.6 Å². The lowest BCUT2D eigenvalue weighted by molar-refractivity contribution is 0.0938. The van der Waals surface area contributed by atoms with Crippen molar-refractivity contribution in [2.45, 2.75) is 63.8 Å². The summed E-state index contributed by atoms with van der Waals surface area (Å²) in [6, 6.07) is 2.23. The van der Waals surface area contributed by atoms with Crippen molar-refractivity contribution in [2.24, 2.45) is 5.92 Å². The number of aromatic nitrogens is 2. The number of piperidine rings is 1. The topological polar surface area (TPSA) is 59.0 Å². The lowest BCUT2D eigenvalue weighted by atomic mass is 9.91. The maximum Gasteiger partial charge on any atom is 0.271 e. The van der Waals surface area contributed by atoms with Gasteiger partial charge in [0.05, 0.1) is 6.04 Å². The normalized spacial score (nSPS) is 22.9. The minimum Gasteiger partial charge on any atom is -0.350 e. The zero-order valence-electron chi connectivity index (χ0n) is 14.5. The molecule has 2 aliphatic rings. The van der Waals surface area contributed by atoms with E-state index in [2.05, 4.69) is 15.7 Å². The Morgan fingerprint density at radius 1 is 1.17 bits per heavy atom. The molecule has 2 fully saturated rings. The fourth-order valence-corrected chi connectivity index (χ4v) is 3.79. The number of hydrogen-bond acceptors (Lipinski definition) is 3. The van der Waals surface area contributed by atoms with Crippen LogP contribution >= 0.6 is 12.4 Å². The zero-order chi connectivity index (χ0) is 15.9. The van der Waals surface area contributed by atoms with Gasteiger partial charge in [-0.05, 0) is 44.2 Å². The van der Waals surface area contributed by atoms with Crippen LogP contribution in [0.15, 0.2) is 12.3 Å². The Balaban J connectivity index is 0.00000208. The summed E-state index contributed by atoms with van der Waals surface area (Å²) in [6.07, 6.45) is 13.5. The maximum atomic E-state index is 12.3. The molecule has 1 unspecified atom stereocenters. The van der Waals surface area contributed by atoms with Gasteiger partial charge in [0.15, 0.2) is 0 Å². The average molecular weight is 355 g/mol. The van der Waals surface area contributed by atoms with Crippen LogP contribution in [0.5, 0.6) is 0 Å². The molecule has 24 heavy (non-hydrogen) atoms. The summed E-state index contributed by atoms with van der Waals surface area (Å²) in [6.45, 7) is 2.84. The van der Waals surface area contributed by atoms with Crippen molar-refractivity contribution in [3.8, 4) is 0 Å². The molecule has 1 atom stereocenters. The summed E-state index contributed by atoms with van der Waals surface area (Å²) >= 11 is 0. The molecule has 2 heterocycles. The molecule has 3 rings (SSSR count). The Morgan fingerprint density at radius 3 is 2.62 bits per heavy atom. The molecular weight excluding hydrogens is 324 g/mol. The van der Waals surface area contributed by atoms with Gasteiger partial charge in [-0.25, -0.2) is 0 Å². The predicted octanol–water partition coefficient (Wildman–Crippen LogP) is 3.32. The van der Waals surface area contributed by atoms with E-state index in [1.807, 2.05) is 16.9 Å². The summed E-state index contributed by atoms with van der Waals surface area (Å²) in [7, 11) is 0. The van der Waals surface area contributed by atoms with Crippen LogP contribution in [0, 0.1) is 5.92 Å². The summed E-state index contributed by atoms with van der Waals surface area (Å²) in [5, 5.41) is 11.0. The van der Waals surface area contributed by atoms with Crippen molar-refractivity contribution in [1.82, 2.24) is 20.4 Å². The van der Waals surface area contributed by atoms with E-state index in [9.17, 15) is 4.79 Å². The van der Waals surface area contributed by atoms with Crippen LogP contribution in [0.2, 0.25) is 0 Å². The van der Waals surface area contributed by atoms with Crippen molar-refractivity contribution in [1.29, 1.82) is 0 Å². The third-order valence-corrected chi connectivity index (χ3v) is 5.26. The van der Waals surface area contributed by atoms with E-state index in [-0.39, 0.29) is 18.3 Å². The molecule has 1 aliphatic carbocycles. The van der Waals surface area contributed by atoms with E-state index >= 15 is 0 Å². The molecule has 6 heteroatoms. The Morgan fingerprint density at radius 2 is 1.92 bits per heavy atom. The maximum absolute atomic E-state index is 12.3. The highest BCUT2D eigenvalue weighted by molar-refractivity contribution is 5.92. The minimum absolute atomic E-state index is 0. The molecule has 136 valence electrons. The Kier molecular flexibility index (Phi) is 8.06. The highest BCUT2D eigenvalue weighted by Crippen LogP contribution is 2.21. The first-order chi connectivity index (χ1) is 11.3. The Labute approximate surface area is 151 Å². The molecule has 1 saturated heterocycles. The number of nitrogens with zero attached hydrogens (tertiary/aromatic N) is 2. The van der Waals surface area contributed by atoms with Gasteiger partial charge in [0.1, 0.15) is 5.69 Å². The molecule has 0 radical (unpaired) electrons. The zero-order valence-corrected chi connectivity index (χ0v) is 15.3. The lowest BCUT2D eigenvalue weighted by Crippen LogP contribution is -2.32. The van der Waals surface area contributed by atoms with Gasteiger partial charge in [0, 0.05) is 19.3 Å². The molecular formula is C18H31ClN4O. The molecule has 1 aromatic rings. The van der Waals surface area contributed by atoms with Crippen LogP contribution in [-0.4, -0.2) is 35.3 Å².